The number of benzene rings is 1. The van der Waals surface area contributed by atoms with Gasteiger partial charge in [0.25, 0.3) is 0 Å². The highest BCUT2D eigenvalue weighted by Gasteiger charge is 2.45. The fraction of sp³-hybridized carbons (Fsp3) is 0.500. The molecule has 0 radical (unpaired) electrons. The van der Waals surface area contributed by atoms with Gasteiger partial charge in [0.1, 0.15) is 5.60 Å². The molecular formula is C18H24N2O2. The molecule has 2 heterocycles. The first-order valence-corrected chi connectivity index (χ1v) is 8.13. The smallest absolute Gasteiger partial charge is 0.217 e. The predicted octanol–water partition coefficient (Wildman–Crippen LogP) is 3.26. The zero-order chi connectivity index (χ0) is 15.7. The van der Waals surface area contributed by atoms with Crippen LogP contribution in [0.25, 0.3) is 10.9 Å². The number of aromatic amines is 1. The molecule has 0 saturated carbocycles. The number of carbonyl (C=O) groups excluding carboxylic acids is 1. The fourth-order valence-corrected chi connectivity index (χ4v) is 3.82. The van der Waals surface area contributed by atoms with Crippen LogP contribution in [0, 0.1) is 0 Å². The first kappa shape index (κ1) is 15.1. The largest absolute Gasteiger partial charge is 0.366 e. The Morgan fingerprint density at radius 1 is 1.41 bits per heavy atom. The lowest BCUT2D eigenvalue weighted by Crippen LogP contribution is -2.53. The van der Waals surface area contributed by atoms with Gasteiger partial charge in [0, 0.05) is 17.8 Å². The van der Waals surface area contributed by atoms with E-state index in [1.807, 2.05) is 6.07 Å². The minimum atomic E-state index is -0.465. The van der Waals surface area contributed by atoms with E-state index in [2.05, 4.69) is 42.3 Å². The fourth-order valence-electron chi connectivity index (χ4n) is 3.82. The number of ether oxygens (including phenoxy) is 1. The number of hydrogen-bond acceptors (Lipinski definition) is 2. The van der Waals surface area contributed by atoms with Crippen molar-refractivity contribution in [1.82, 2.24) is 10.3 Å². The van der Waals surface area contributed by atoms with Gasteiger partial charge in [-0.3, -0.25) is 4.79 Å². The topological polar surface area (TPSA) is 54.1 Å². The number of rotatable bonds is 4. The normalized spacial score (nSPS) is 22.3. The van der Waals surface area contributed by atoms with Crippen LogP contribution in [0.3, 0.4) is 0 Å². The standard InChI is InChI=1S/C18H24N2O2/c1-4-16(19-12(3)21)18(5-2)17-14(10-11-22-18)13-8-6-7-9-15(13)20-17/h6-9,16,20H,4-5,10-11H2,1-3H3,(H,19,21). The molecule has 3 rings (SSSR count). The maximum absolute atomic E-state index is 11.6. The highest BCUT2D eigenvalue weighted by atomic mass is 16.5. The van der Waals surface area contributed by atoms with Gasteiger partial charge in [0.2, 0.25) is 5.91 Å². The molecule has 118 valence electrons. The number of aromatic nitrogens is 1. The molecule has 2 unspecified atom stereocenters. The summed E-state index contributed by atoms with van der Waals surface area (Å²) in [6.07, 6.45) is 2.57. The van der Waals surface area contributed by atoms with Crippen molar-refractivity contribution < 1.29 is 9.53 Å². The second kappa shape index (κ2) is 5.76. The summed E-state index contributed by atoms with van der Waals surface area (Å²) in [6, 6.07) is 8.36. The Kier molecular flexibility index (Phi) is 3.96. The molecule has 2 atom stereocenters. The number of para-hydroxylation sites is 1. The van der Waals surface area contributed by atoms with Crippen LogP contribution in [-0.2, 0) is 21.6 Å². The highest BCUT2D eigenvalue weighted by Crippen LogP contribution is 2.42. The molecule has 2 aromatic rings. The van der Waals surface area contributed by atoms with Gasteiger partial charge in [-0.2, -0.15) is 0 Å². The Morgan fingerprint density at radius 3 is 2.86 bits per heavy atom. The van der Waals surface area contributed by atoms with E-state index in [9.17, 15) is 4.79 Å². The first-order valence-electron chi connectivity index (χ1n) is 8.13. The number of fused-ring (bicyclic) bond motifs is 3. The van der Waals surface area contributed by atoms with Crippen molar-refractivity contribution in [2.75, 3.05) is 6.61 Å². The molecule has 1 aliphatic heterocycles. The molecule has 1 aromatic heterocycles. The van der Waals surface area contributed by atoms with Gasteiger partial charge in [0.05, 0.1) is 18.3 Å². The summed E-state index contributed by atoms with van der Waals surface area (Å²) in [5.74, 6) is -0.00786. The van der Waals surface area contributed by atoms with E-state index in [4.69, 9.17) is 4.74 Å². The Morgan fingerprint density at radius 2 is 2.18 bits per heavy atom. The number of carbonyl (C=O) groups is 1. The summed E-state index contributed by atoms with van der Waals surface area (Å²) in [5, 5.41) is 4.37. The maximum atomic E-state index is 11.6. The molecule has 0 bridgehead atoms. The van der Waals surface area contributed by atoms with Crippen molar-refractivity contribution >= 4 is 16.8 Å². The average molecular weight is 300 g/mol. The summed E-state index contributed by atoms with van der Waals surface area (Å²) in [6.45, 7) is 6.49. The Bertz CT molecular complexity index is 691. The maximum Gasteiger partial charge on any atom is 0.217 e. The van der Waals surface area contributed by atoms with Gasteiger partial charge in [-0.05, 0) is 30.9 Å². The summed E-state index contributed by atoms with van der Waals surface area (Å²) in [7, 11) is 0. The molecule has 2 N–H and O–H groups in total. The van der Waals surface area contributed by atoms with Crippen LogP contribution < -0.4 is 5.32 Å². The van der Waals surface area contributed by atoms with Crippen LogP contribution in [-0.4, -0.2) is 23.5 Å². The third kappa shape index (κ3) is 2.22. The zero-order valence-electron chi connectivity index (χ0n) is 13.5. The monoisotopic (exact) mass is 300 g/mol. The quantitative estimate of drug-likeness (QED) is 0.910. The molecule has 0 saturated heterocycles. The van der Waals surface area contributed by atoms with Crippen molar-refractivity contribution in [3.8, 4) is 0 Å². The minimum absolute atomic E-state index is 0.00786. The van der Waals surface area contributed by atoms with Crippen LogP contribution in [0.1, 0.15) is 44.9 Å². The number of H-pyrrole nitrogens is 1. The van der Waals surface area contributed by atoms with E-state index < -0.39 is 5.60 Å². The van der Waals surface area contributed by atoms with E-state index >= 15 is 0 Å². The van der Waals surface area contributed by atoms with E-state index in [1.54, 1.807) is 6.92 Å². The molecule has 1 aliphatic rings. The molecule has 0 aliphatic carbocycles. The Hall–Kier alpha value is -1.81. The van der Waals surface area contributed by atoms with E-state index in [1.165, 1.54) is 10.9 Å². The predicted molar refractivity (Wildman–Crippen MR) is 87.8 cm³/mol. The third-order valence-electron chi connectivity index (χ3n) is 4.82. The molecule has 0 fully saturated rings. The van der Waals surface area contributed by atoms with Crippen LogP contribution in [0.15, 0.2) is 24.3 Å². The average Bonchev–Trinajstić information content (AvgIpc) is 2.91. The van der Waals surface area contributed by atoms with Crippen molar-refractivity contribution in [2.24, 2.45) is 0 Å². The third-order valence-corrected chi connectivity index (χ3v) is 4.82. The molecule has 1 amide bonds. The van der Waals surface area contributed by atoms with Crippen LogP contribution >= 0.6 is 0 Å². The lowest BCUT2D eigenvalue weighted by Gasteiger charge is -2.42. The van der Waals surface area contributed by atoms with Gasteiger partial charge < -0.3 is 15.0 Å². The molecule has 1 aromatic carbocycles. The first-order chi connectivity index (χ1) is 10.6. The second-order valence-corrected chi connectivity index (χ2v) is 6.03. The van der Waals surface area contributed by atoms with Crippen LogP contribution in [0.4, 0.5) is 0 Å². The zero-order valence-corrected chi connectivity index (χ0v) is 13.5. The number of nitrogens with one attached hydrogen (secondary N) is 2. The molecule has 4 heteroatoms. The molecular weight excluding hydrogens is 276 g/mol. The van der Waals surface area contributed by atoms with Gasteiger partial charge in [0.15, 0.2) is 0 Å². The highest BCUT2D eigenvalue weighted by molar-refractivity contribution is 5.85. The second-order valence-electron chi connectivity index (χ2n) is 6.03. The molecule has 0 spiro atoms. The van der Waals surface area contributed by atoms with Gasteiger partial charge in [-0.15, -0.1) is 0 Å². The van der Waals surface area contributed by atoms with Gasteiger partial charge in [-0.1, -0.05) is 32.0 Å². The SMILES string of the molecule is CCC(NC(C)=O)C1(CC)OCCc2c1[nH]c1ccccc21. The van der Waals surface area contributed by atoms with Crippen molar-refractivity contribution in [2.45, 2.75) is 51.7 Å². The lowest BCUT2D eigenvalue weighted by atomic mass is 9.81. The summed E-state index contributed by atoms with van der Waals surface area (Å²) >= 11 is 0. The van der Waals surface area contributed by atoms with Crippen LogP contribution in [0.5, 0.6) is 0 Å². The molecule has 22 heavy (non-hydrogen) atoms. The van der Waals surface area contributed by atoms with Crippen molar-refractivity contribution in [3.63, 3.8) is 0 Å². The van der Waals surface area contributed by atoms with Gasteiger partial charge in [-0.25, -0.2) is 0 Å². The van der Waals surface area contributed by atoms with E-state index in [0.717, 1.165) is 30.5 Å². The summed E-state index contributed by atoms with van der Waals surface area (Å²) < 4.78 is 6.28. The van der Waals surface area contributed by atoms with E-state index in [0.29, 0.717) is 6.61 Å². The molecule has 4 nitrogen and oxygen atoms in total. The number of hydrogen-bond donors (Lipinski definition) is 2. The van der Waals surface area contributed by atoms with Crippen molar-refractivity contribution in [1.29, 1.82) is 0 Å². The minimum Gasteiger partial charge on any atom is -0.366 e. The Balaban J connectivity index is 2.16. The van der Waals surface area contributed by atoms with Crippen LogP contribution in [0.2, 0.25) is 0 Å². The lowest BCUT2D eigenvalue weighted by molar-refractivity contribution is -0.127. The summed E-state index contributed by atoms with van der Waals surface area (Å²) in [5.41, 5.74) is 3.16. The number of amides is 1. The van der Waals surface area contributed by atoms with Gasteiger partial charge >= 0.3 is 0 Å². The van der Waals surface area contributed by atoms with E-state index in [-0.39, 0.29) is 11.9 Å². The van der Waals surface area contributed by atoms with Crippen molar-refractivity contribution in [3.05, 3.63) is 35.5 Å². The Labute approximate surface area is 131 Å². The summed E-state index contributed by atoms with van der Waals surface area (Å²) in [4.78, 5) is 15.2.